The molecule has 23 heavy (non-hydrogen) atoms. The summed E-state index contributed by atoms with van der Waals surface area (Å²) in [5.41, 5.74) is 0.903. The molecule has 1 aromatic heterocycles. The lowest BCUT2D eigenvalue weighted by molar-refractivity contribution is 0.0751. The number of carbonyl (C=O) groups is 1. The number of carbonyl (C=O) groups excluding carboxylic acids is 1. The van der Waals surface area contributed by atoms with Gasteiger partial charge in [-0.15, -0.1) is 0 Å². The molecule has 1 heterocycles. The maximum atomic E-state index is 12.8. The molecule has 0 N–H and O–H groups in total. The SMILES string of the molecule is CCN(CCN(C)C)C(=O)c1c(C)ccn(CCC(C)C)c1=O. The van der Waals surface area contributed by atoms with Crippen LogP contribution in [-0.2, 0) is 6.54 Å². The minimum Gasteiger partial charge on any atom is -0.337 e. The molecule has 0 atom stereocenters. The van der Waals surface area contributed by atoms with E-state index < -0.39 is 0 Å². The Morgan fingerprint density at radius 2 is 1.91 bits per heavy atom. The summed E-state index contributed by atoms with van der Waals surface area (Å²) >= 11 is 0. The molecule has 0 bridgehead atoms. The Labute approximate surface area is 139 Å². The molecule has 1 aromatic rings. The van der Waals surface area contributed by atoms with Crippen LogP contribution < -0.4 is 5.56 Å². The summed E-state index contributed by atoms with van der Waals surface area (Å²) in [4.78, 5) is 29.3. The van der Waals surface area contributed by atoms with Crippen LogP contribution >= 0.6 is 0 Å². The highest BCUT2D eigenvalue weighted by Gasteiger charge is 2.21. The van der Waals surface area contributed by atoms with Crippen LogP contribution in [0, 0.1) is 12.8 Å². The van der Waals surface area contributed by atoms with Gasteiger partial charge in [-0.3, -0.25) is 9.59 Å². The molecule has 1 amide bonds. The van der Waals surface area contributed by atoms with Crippen molar-refractivity contribution in [1.82, 2.24) is 14.4 Å². The van der Waals surface area contributed by atoms with Gasteiger partial charge in [0, 0.05) is 32.4 Å². The van der Waals surface area contributed by atoms with Crippen molar-refractivity contribution in [1.29, 1.82) is 0 Å². The summed E-state index contributed by atoms with van der Waals surface area (Å²) in [7, 11) is 3.95. The van der Waals surface area contributed by atoms with Crippen LogP contribution in [0.5, 0.6) is 0 Å². The Bertz CT molecular complexity index is 576. The number of pyridine rings is 1. The fourth-order valence-electron chi connectivity index (χ4n) is 2.38. The van der Waals surface area contributed by atoms with Crippen LogP contribution in [0.15, 0.2) is 17.1 Å². The Kier molecular flexibility index (Phi) is 7.49. The van der Waals surface area contributed by atoms with Crippen LogP contribution in [0.4, 0.5) is 0 Å². The van der Waals surface area contributed by atoms with Gasteiger partial charge >= 0.3 is 0 Å². The summed E-state index contributed by atoms with van der Waals surface area (Å²) in [5, 5.41) is 0. The van der Waals surface area contributed by atoms with E-state index in [2.05, 4.69) is 13.8 Å². The molecule has 0 aliphatic heterocycles. The van der Waals surface area contributed by atoms with E-state index in [9.17, 15) is 9.59 Å². The van der Waals surface area contributed by atoms with Gasteiger partial charge in [0.2, 0.25) is 0 Å². The number of likely N-dealkylation sites (N-methyl/N-ethyl adjacent to an activating group) is 2. The third-order valence-electron chi connectivity index (χ3n) is 4.02. The van der Waals surface area contributed by atoms with Crippen LogP contribution in [-0.4, -0.2) is 54.0 Å². The lowest BCUT2D eigenvalue weighted by atomic mass is 10.1. The molecule has 5 heteroatoms. The maximum absolute atomic E-state index is 12.8. The van der Waals surface area contributed by atoms with E-state index in [1.807, 2.05) is 38.9 Å². The average Bonchev–Trinajstić information content (AvgIpc) is 2.46. The van der Waals surface area contributed by atoms with Gasteiger partial charge < -0.3 is 14.4 Å². The second kappa shape index (κ2) is 8.87. The van der Waals surface area contributed by atoms with Gasteiger partial charge in [-0.25, -0.2) is 0 Å². The van der Waals surface area contributed by atoms with Gasteiger partial charge in [0.25, 0.3) is 11.5 Å². The molecule has 0 saturated heterocycles. The number of rotatable bonds is 8. The molecule has 0 unspecified atom stereocenters. The van der Waals surface area contributed by atoms with Gasteiger partial charge in [-0.05, 0) is 51.9 Å². The highest BCUT2D eigenvalue weighted by atomic mass is 16.2. The van der Waals surface area contributed by atoms with Crippen molar-refractivity contribution in [2.45, 2.75) is 40.7 Å². The molecule has 1 rings (SSSR count). The first-order valence-corrected chi connectivity index (χ1v) is 8.42. The second-order valence-electron chi connectivity index (χ2n) is 6.74. The number of aryl methyl sites for hydroxylation is 2. The lowest BCUT2D eigenvalue weighted by Crippen LogP contribution is -2.40. The van der Waals surface area contributed by atoms with Crippen molar-refractivity contribution < 1.29 is 4.79 Å². The average molecular weight is 321 g/mol. The fraction of sp³-hybridized carbons (Fsp3) is 0.667. The molecule has 0 aliphatic carbocycles. The topological polar surface area (TPSA) is 45.5 Å². The van der Waals surface area contributed by atoms with E-state index in [0.717, 1.165) is 18.5 Å². The van der Waals surface area contributed by atoms with E-state index in [1.54, 1.807) is 15.7 Å². The zero-order chi connectivity index (χ0) is 17.6. The van der Waals surface area contributed by atoms with E-state index in [0.29, 0.717) is 31.1 Å². The third kappa shape index (κ3) is 5.50. The van der Waals surface area contributed by atoms with Crippen LogP contribution in [0.25, 0.3) is 0 Å². The molecular formula is C18H31N3O2. The Morgan fingerprint density at radius 1 is 1.26 bits per heavy atom. The van der Waals surface area contributed by atoms with E-state index >= 15 is 0 Å². The second-order valence-corrected chi connectivity index (χ2v) is 6.74. The van der Waals surface area contributed by atoms with Crippen molar-refractivity contribution in [3.05, 3.63) is 33.7 Å². The van der Waals surface area contributed by atoms with E-state index in [1.165, 1.54) is 0 Å². The van der Waals surface area contributed by atoms with Gasteiger partial charge in [-0.1, -0.05) is 13.8 Å². The predicted molar refractivity (Wildman–Crippen MR) is 95.0 cm³/mol. The van der Waals surface area contributed by atoms with Crippen LogP contribution in [0.3, 0.4) is 0 Å². The zero-order valence-electron chi connectivity index (χ0n) is 15.4. The third-order valence-corrected chi connectivity index (χ3v) is 4.02. The van der Waals surface area contributed by atoms with Gasteiger partial charge in [0.05, 0.1) is 0 Å². The number of aromatic nitrogens is 1. The van der Waals surface area contributed by atoms with Crippen molar-refractivity contribution in [3.63, 3.8) is 0 Å². The monoisotopic (exact) mass is 321 g/mol. The number of nitrogens with zero attached hydrogens (tertiary/aromatic N) is 3. The van der Waals surface area contributed by atoms with Crippen molar-refractivity contribution in [3.8, 4) is 0 Å². The maximum Gasteiger partial charge on any atom is 0.263 e. The Balaban J connectivity index is 3.07. The van der Waals surface area contributed by atoms with Crippen LogP contribution in [0.2, 0.25) is 0 Å². The minimum absolute atomic E-state index is 0.157. The first-order valence-electron chi connectivity index (χ1n) is 8.42. The van der Waals surface area contributed by atoms with E-state index in [4.69, 9.17) is 0 Å². The van der Waals surface area contributed by atoms with Gasteiger partial charge in [0.15, 0.2) is 0 Å². The largest absolute Gasteiger partial charge is 0.337 e. The van der Waals surface area contributed by atoms with Gasteiger partial charge in [-0.2, -0.15) is 0 Å². The predicted octanol–water partition coefficient (Wildman–Crippen LogP) is 2.23. The van der Waals surface area contributed by atoms with Gasteiger partial charge in [0.1, 0.15) is 5.56 Å². The first-order chi connectivity index (χ1) is 10.8. The first kappa shape index (κ1) is 19.4. The number of hydrogen-bond donors (Lipinski definition) is 0. The molecular weight excluding hydrogens is 290 g/mol. The highest BCUT2D eigenvalue weighted by Crippen LogP contribution is 2.08. The summed E-state index contributed by atoms with van der Waals surface area (Å²) < 4.78 is 1.67. The highest BCUT2D eigenvalue weighted by molar-refractivity contribution is 5.95. The molecule has 0 radical (unpaired) electrons. The Hall–Kier alpha value is -1.62. The van der Waals surface area contributed by atoms with Crippen molar-refractivity contribution in [2.75, 3.05) is 33.7 Å². The van der Waals surface area contributed by atoms with Crippen molar-refractivity contribution >= 4 is 5.91 Å². The molecule has 0 saturated carbocycles. The van der Waals surface area contributed by atoms with Crippen LogP contribution in [0.1, 0.15) is 43.1 Å². The summed E-state index contributed by atoms with van der Waals surface area (Å²) in [6.07, 6.45) is 2.72. The minimum atomic E-state index is -0.168. The van der Waals surface area contributed by atoms with E-state index in [-0.39, 0.29) is 11.5 Å². The lowest BCUT2D eigenvalue weighted by Gasteiger charge is -2.23. The summed E-state index contributed by atoms with van der Waals surface area (Å²) in [6, 6.07) is 1.87. The molecule has 0 fully saturated rings. The Morgan fingerprint density at radius 3 is 2.43 bits per heavy atom. The molecule has 130 valence electrons. The smallest absolute Gasteiger partial charge is 0.263 e. The number of hydrogen-bond acceptors (Lipinski definition) is 3. The number of amides is 1. The van der Waals surface area contributed by atoms with Crippen molar-refractivity contribution in [2.24, 2.45) is 5.92 Å². The molecule has 0 aliphatic rings. The fourth-order valence-corrected chi connectivity index (χ4v) is 2.38. The normalized spacial score (nSPS) is 11.3. The summed E-state index contributed by atoms with van der Waals surface area (Å²) in [5.74, 6) is 0.366. The zero-order valence-corrected chi connectivity index (χ0v) is 15.4. The summed E-state index contributed by atoms with van der Waals surface area (Å²) in [6.45, 7) is 10.7. The standard InChI is InChI=1S/C18H31N3O2/c1-7-20(13-12-19(5)6)17(22)16-15(4)9-11-21(18(16)23)10-8-14(2)3/h9,11,14H,7-8,10,12-13H2,1-6H3. The molecule has 0 spiro atoms. The quantitative estimate of drug-likeness (QED) is 0.737. The molecule has 0 aromatic carbocycles. The molecule has 5 nitrogen and oxygen atoms in total.